The molecule has 3 aromatic carbocycles. The van der Waals surface area contributed by atoms with E-state index in [-0.39, 0.29) is 46.7 Å². The van der Waals surface area contributed by atoms with Crippen LogP contribution in [-0.2, 0) is 29.0 Å². The average Bonchev–Trinajstić information content (AvgIpc) is 3.71. The summed E-state index contributed by atoms with van der Waals surface area (Å²) in [7, 11) is 0. The maximum atomic E-state index is 16.1. The number of halogens is 1. The molecule has 5 N–H and O–H groups in total. The molecule has 0 saturated carbocycles. The monoisotopic (exact) mass is 826 g/mol. The third-order valence-corrected chi connectivity index (χ3v) is 11.8. The number of rotatable bonds is 9. The molecule has 17 heteroatoms. The van der Waals surface area contributed by atoms with Gasteiger partial charge in [-0.25, -0.2) is 18.9 Å². The fourth-order valence-corrected chi connectivity index (χ4v) is 8.58. The quantitative estimate of drug-likeness (QED) is 0.148. The molecule has 4 amide bonds. The zero-order valence-electron chi connectivity index (χ0n) is 33.6. The normalized spacial score (nSPS) is 16.7. The van der Waals surface area contributed by atoms with Crippen molar-refractivity contribution in [3.63, 3.8) is 0 Å². The van der Waals surface area contributed by atoms with Crippen LogP contribution in [0, 0.1) is 19.7 Å². The summed E-state index contributed by atoms with van der Waals surface area (Å²) in [6, 6.07) is 19.1. The van der Waals surface area contributed by atoms with Gasteiger partial charge in [0.05, 0.1) is 5.52 Å². The van der Waals surface area contributed by atoms with Gasteiger partial charge in [0, 0.05) is 73.9 Å². The predicted molar refractivity (Wildman–Crippen MR) is 225 cm³/mol. The largest absolute Gasteiger partial charge is 0.420 e. The van der Waals surface area contributed by atoms with E-state index in [1.54, 1.807) is 35.9 Å². The van der Waals surface area contributed by atoms with Crippen molar-refractivity contribution in [2.24, 2.45) is 5.73 Å². The minimum atomic E-state index is -0.794. The number of hydrogen-bond donors (Lipinski definition) is 4. The second-order valence-corrected chi connectivity index (χ2v) is 15.6. The lowest BCUT2D eigenvalue weighted by molar-refractivity contribution is -0.135. The number of nitrogens with one attached hydrogen (secondary N) is 3. The number of amides is 4. The maximum Gasteiger partial charge on any atom is 0.420 e. The SMILES string of the molecule is Cc1cccc(NC(=O)c2ccc(-c3nn4c(c3C(N)=O)Nc3ccc(N5CCN(CCc6cccc7c6oc(=O)n7C6CCC(=O)NC6=O)CC5)cc3CC4)c(F)c2C)n1. The van der Waals surface area contributed by atoms with E-state index in [1.807, 2.05) is 24.3 Å². The van der Waals surface area contributed by atoms with Crippen LogP contribution >= 0.6 is 0 Å². The number of fused-ring (bicyclic) bond motifs is 3. The molecule has 16 nitrogen and oxygen atoms in total. The molecule has 3 aromatic heterocycles. The van der Waals surface area contributed by atoms with E-state index < -0.39 is 35.3 Å². The molecule has 1 atom stereocenters. The zero-order valence-corrected chi connectivity index (χ0v) is 33.6. The van der Waals surface area contributed by atoms with Gasteiger partial charge < -0.3 is 25.7 Å². The Bertz CT molecular complexity index is 2840. The summed E-state index contributed by atoms with van der Waals surface area (Å²) in [5.41, 5.74) is 11.9. The number of piperazine rings is 1. The number of primary amides is 1. The van der Waals surface area contributed by atoms with Gasteiger partial charge in [0.1, 0.15) is 34.8 Å². The van der Waals surface area contributed by atoms with Gasteiger partial charge in [0.15, 0.2) is 5.58 Å². The minimum Gasteiger partial charge on any atom is -0.407 e. The number of benzene rings is 3. The number of nitrogens with zero attached hydrogens (tertiary/aromatic N) is 6. The highest BCUT2D eigenvalue weighted by Gasteiger charge is 2.32. The van der Waals surface area contributed by atoms with Crippen molar-refractivity contribution in [2.75, 3.05) is 48.3 Å². The molecule has 0 aliphatic carbocycles. The van der Waals surface area contributed by atoms with Crippen LogP contribution in [0.4, 0.5) is 27.4 Å². The number of nitrogens with two attached hydrogens (primary N) is 1. The van der Waals surface area contributed by atoms with Crippen LogP contribution in [0.15, 0.2) is 75.9 Å². The van der Waals surface area contributed by atoms with E-state index in [0.717, 1.165) is 60.9 Å². The van der Waals surface area contributed by atoms with E-state index >= 15 is 4.39 Å². The number of carbonyl (C=O) groups excluding carboxylic acids is 4. The molecule has 0 spiro atoms. The molecule has 6 aromatic rings. The smallest absolute Gasteiger partial charge is 0.407 e. The van der Waals surface area contributed by atoms with Crippen LogP contribution < -0.4 is 32.3 Å². The lowest BCUT2D eigenvalue weighted by Gasteiger charge is -2.36. The highest BCUT2D eigenvalue weighted by Crippen LogP contribution is 2.38. The van der Waals surface area contributed by atoms with Crippen LogP contribution in [0.1, 0.15) is 62.0 Å². The molecule has 3 aliphatic heterocycles. The Labute approximate surface area is 348 Å². The van der Waals surface area contributed by atoms with Gasteiger partial charge in [-0.05, 0) is 98.3 Å². The van der Waals surface area contributed by atoms with E-state index in [1.165, 1.54) is 23.6 Å². The third kappa shape index (κ3) is 7.41. The van der Waals surface area contributed by atoms with Crippen LogP contribution in [0.2, 0.25) is 0 Å². The number of hydrogen-bond acceptors (Lipinski definition) is 11. The lowest BCUT2D eigenvalue weighted by atomic mass is 9.99. The van der Waals surface area contributed by atoms with Gasteiger partial charge in [0.2, 0.25) is 11.8 Å². The Morgan fingerprint density at radius 1 is 0.951 bits per heavy atom. The Morgan fingerprint density at radius 3 is 2.52 bits per heavy atom. The summed E-state index contributed by atoms with van der Waals surface area (Å²) in [4.78, 5) is 72.2. The molecular weight excluding hydrogens is 784 g/mol. The summed E-state index contributed by atoms with van der Waals surface area (Å²) in [6.45, 7) is 7.69. The highest BCUT2D eigenvalue weighted by molar-refractivity contribution is 6.07. The molecule has 0 bridgehead atoms. The number of piperidine rings is 1. The van der Waals surface area contributed by atoms with E-state index in [4.69, 9.17) is 10.2 Å². The number of pyridine rings is 1. The number of anilines is 4. The van der Waals surface area contributed by atoms with E-state index in [2.05, 4.69) is 41.9 Å². The Kier molecular flexibility index (Phi) is 10.2. The average molecular weight is 827 g/mol. The summed E-state index contributed by atoms with van der Waals surface area (Å²) in [5.74, 6) is -2.70. The summed E-state index contributed by atoms with van der Waals surface area (Å²) in [5, 5.41) is 13.1. The minimum absolute atomic E-state index is 0.0535. The first-order valence-electron chi connectivity index (χ1n) is 20.2. The van der Waals surface area contributed by atoms with Gasteiger partial charge in [0.25, 0.3) is 11.8 Å². The highest BCUT2D eigenvalue weighted by atomic mass is 19.1. The Hall–Kier alpha value is -7.14. The van der Waals surface area contributed by atoms with Crippen LogP contribution in [0.25, 0.3) is 22.4 Å². The first-order valence-corrected chi connectivity index (χ1v) is 20.2. The number of carbonyl (C=O) groups is 4. The van der Waals surface area contributed by atoms with Crippen molar-refractivity contribution >= 4 is 57.7 Å². The van der Waals surface area contributed by atoms with Crippen LogP contribution in [0.3, 0.4) is 0 Å². The summed E-state index contributed by atoms with van der Waals surface area (Å²) in [6.07, 6.45) is 1.64. The summed E-state index contributed by atoms with van der Waals surface area (Å²) >= 11 is 0. The molecule has 3 aliphatic rings. The molecule has 0 radical (unpaired) electrons. The van der Waals surface area contributed by atoms with Crippen molar-refractivity contribution in [3.8, 4) is 11.3 Å². The number of aromatic nitrogens is 4. The first-order chi connectivity index (χ1) is 29.4. The number of imide groups is 1. The van der Waals surface area contributed by atoms with E-state index in [0.29, 0.717) is 42.1 Å². The van der Waals surface area contributed by atoms with Crippen LogP contribution in [-0.4, -0.2) is 80.6 Å². The molecular formula is C44H43FN10O6. The van der Waals surface area contributed by atoms with Crippen molar-refractivity contribution in [1.82, 2.24) is 29.5 Å². The Morgan fingerprint density at radius 2 is 1.75 bits per heavy atom. The van der Waals surface area contributed by atoms with Crippen molar-refractivity contribution < 1.29 is 28.0 Å². The number of oxazole rings is 1. The maximum absolute atomic E-state index is 16.1. The fraction of sp³-hybridized carbons (Fsp3) is 0.295. The second-order valence-electron chi connectivity index (χ2n) is 15.6. The summed E-state index contributed by atoms with van der Waals surface area (Å²) < 4.78 is 24.8. The molecule has 61 heavy (non-hydrogen) atoms. The molecule has 2 saturated heterocycles. The van der Waals surface area contributed by atoms with Gasteiger partial charge >= 0.3 is 5.76 Å². The van der Waals surface area contributed by atoms with Gasteiger partial charge in [-0.3, -0.25) is 34.0 Å². The first kappa shape index (κ1) is 39.3. The van der Waals surface area contributed by atoms with Crippen molar-refractivity contribution in [2.45, 2.75) is 52.1 Å². The second kappa shape index (κ2) is 15.8. The van der Waals surface area contributed by atoms with Gasteiger partial charge in [-0.1, -0.05) is 18.2 Å². The van der Waals surface area contributed by atoms with Crippen molar-refractivity contribution in [1.29, 1.82) is 0 Å². The topological polar surface area (TPSA) is 203 Å². The standard InChI is InChI=1S/C44H43FN10O6/c1-24-5-3-8-34(47-24)49-42(58)29-10-11-30(37(45)25(29)2)38-36(40(46)57)41-48-31-12-9-28(23-27(31)16-18-54(41)51-38)53-21-19-52(20-22-53)17-15-26-6-4-7-32-39(26)61-44(60)55(32)33-13-14-35(56)50-43(33)59/h3-12,23,33,48H,13-22H2,1-2H3,(H2,46,57)(H,47,49,58)(H,50,56,59). The molecule has 2 fully saturated rings. The van der Waals surface area contributed by atoms with Crippen LogP contribution in [0.5, 0.6) is 0 Å². The molecule has 312 valence electrons. The van der Waals surface area contributed by atoms with Gasteiger partial charge in [-0.15, -0.1) is 0 Å². The number of para-hydroxylation sites is 1. The van der Waals surface area contributed by atoms with Gasteiger partial charge in [-0.2, -0.15) is 5.10 Å². The lowest BCUT2D eigenvalue weighted by Crippen LogP contribution is -2.47. The third-order valence-electron chi connectivity index (χ3n) is 11.8. The van der Waals surface area contributed by atoms with Crippen molar-refractivity contribution in [3.05, 3.63) is 117 Å². The molecule has 1 unspecified atom stereocenters. The number of aryl methyl sites for hydroxylation is 3. The Balaban J connectivity index is 0.864. The van der Waals surface area contributed by atoms with E-state index in [9.17, 15) is 24.0 Å². The molecule has 6 heterocycles. The predicted octanol–water partition coefficient (Wildman–Crippen LogP) is 4.60. The molecule has 9 rings (SSSR count). The fourth-order valence-electron chi connectivity index (χ4n) is 8.58. The zero-order chi connectivity index (χ0) is 42.5.